The predicted octanol–water partition coefficient (Wildman–Crippen LogP) is 2.95. The quantitative estimate of drug-likeness (QED) is 0.547. The Morgan fingerprint density at radius 1 is 0.857 bits per heavy atom. The van der Waals surface area contributed by atoms with E-state index in [1.165, 1.54) is 0 Å². The molecule has 35 heavy (non-hydrogen) atoms. The number of rotatable bonds is 6. The number of carbonyl (C=O) groups is 3. The summed E-state index contributed by atoms with van der Waals surface area (Å²) in [4.78, 5) is 40.2. The van der Waals surface area contributed by atoms with Gasteiger partial charge in [0.15, 0.2) is 11.6 Å². The van der Waals surface area contributed by atoms with Crippen molar-refractivity contribution >= 4 is 23.3 Å². The van der Waals surface area contributed by atoms with E-state index >= 15 is 0 Å². The zero-order valence-electron chi connectivity index (χ0n) is 20.4. The number of nitrogens with one attached hydrogen (secondary N) is 2. The number of benzene rings is 2. The standard InChI is InChI=1S/C27H33N3O5/c1-27(2,3)30(19-11-9-18(10-12-19)25(33)22-13-20(31)15-28-22)26(34)35-21-14-23(29-16-21)24(32)17-7-5-4-6-8-17/h4-12,20-23,28-29,31H,13-16H2,1-3H3/t20?,21?,22-,23-/m1/s1. The molecular formula is C27H33N3O5. The van der Waals surface area contributed by atoms with Gasteiger partial charge in [0.2, 0.25) is 0 Å². The third-order valence-electron chi connectivity index (χ3n) is 6.42. The van der Waals surface area contributed by atoms with E-state index in [0.29, 0.717) is 42.7 Å². The summed E-state index contributed by atoms with van der Waals surface area (Å²) in [6, 6.07) is 15.1. The Kier molecular flexibility index (Phi) is 7.35. The Bertz CT molecular complexity index is 1060. The summed E-state index contributed by atoms with van der Waals surface area (Å²) in [6.07, 6.45) is -0.639. The molecule has 2 fully saturated rings. The van der Waals surface area contributed by atoms with Gasteiger partial charge in [-0.15, -0.1) is 0 Å². The molecule has 8 nitrogen and oxygen atoms in total. The van der Waals surface area contributed by atoms with Crippen molar-refractivity contribution in [1.82, 2.24) is 10.6 Å². The van der Waals surface area contributed by atoms with Crippen LogP contribution in [0, 0.1) is 0 Å². The molecule has 0 aliphatic carbocycles. The van der Waals surface area contributed by atoms with E-state index in [-0.39, 0.29) is 11.6 Å². The van der Waals surface area contributed by atoms with Crippen LogP contribution >= 0.6 is 0 Å². The summed E-state index contributed by atoms with van der Waals surface area (Å²) < 4.78 is 5.81. The molecule has 2 aliphatic heterocycles. The van der Waals surface area contributed by atoms with Gasteiger partial charge in [-0.3, -0.25) is 14.5 Å². The Morgan fingerprint density at radius 2 is 1.43 bits per heavy atom. The van der Waals surface area contributed by atoms with Crippen LogP contribution in [-0.2, 0) is 4.74 Å². The van der Waals surface area contributed by atoms with E-state index < -0.39 is 35.9 Å². The number of hydrogen-bond donors (Lipinski definition) is 3. The summed E-state index contributed by atoms with van der Waals surface area (Å²) in [7, 11) is 0. The first kappa shape index (κ1) is 25.0. The second kappa shape index (κ2) is 10.3. The molecule has 1 amide bonds. The van der Waals surface area contributed by atoms with Crippen molar-refractivity contribution in [1.29, 1.82) is 0 Å². The number of hydrogen-bond acceptors (Lipinski definition) is 7. The number of ketones is 2. The molecule has 8 heteroatoms. The van der Waals surface area contributed by atoms with E-state index in [1.807, 2.05) is 39.0 Å². The highest BCUT2D eigenvalue weighted by molar-refractivity contribution is 6.01. The fourth-order valence-electron chi connectivity index (χ4n) is 4.65. The molecule has 0 spiro atoms. The maximum atomic E-state index is 13.2. The van der Waals surface area contributed by atoms with Crippen LogP contribution in [0.2, 0.25) is 0 Å². The van der Waals surface area contributed by atoms with Gasteiger partial charge in [0.25, 0.3) is 0 Å². The molecule has 2 aromatic rings. The van der Waals surface area contributed by atoms with Crippen molar-refractivity contribution in [2.45, 2.75) is 63.4 Å². The molecule has 0 saturated carbocycles. The van der Waals surface area contributed by atoms with E-state index in [9.17, 15) is 19.5 Å². The fraction of sp³-hybridized carbons (Fsp3) is 0.444. The third kappa shape index (κ3) is 5.78. The first-order chi connectivity index (χ1) is 16.6. The van der Waals surface area contributed by atoms with Crippen molar-refractivity contribution in [2.75, 3.05) is 18.0 Å². The predicted molar refractivity (Wildman–Crippen MR) is 133 cm³/mol. The number of β-amino-alcohol motifs (C(OH)–C–C–N with tert-alkyl or cyclic N) is 1. The third-order valence-corrected chi connectivity index (χ3v) is 6.42. The number of nitrogens with zero attached hydrogens (tertiary/aromatic N) is 1. The lowest BCUT2D eigenvalue weighted by Gasteiger charge is -2.35. The summed E-state index contributed by atoms with van der Waals surface area (Å²) in [5, 5.41) is 15.9. The summed E-state index contributed by atoms with van der Waals surface area (Å²) in [6.45, 7) is 6.54. The number of carbonyl (C=O) groups excluding carboxylic acids is 3. The number of ether oxygens (including phenoxy) is 1. The van der Waals surface area contributed by atoms with Gasteiger partial charge in [-0.2, -0.15) is 0 Å². The lowest BCUT2D eigenvalue weighted by molar-refractivity contribution is 0.0914. The van der Waals surface area contributed by atoms with E-state index in [0.717, 1.165) is 0 Å². The maximum Gasteiger partial charge on any atom is 0.415 e. The number of aliphatic hydroxyl groups is 1. The number of Topliss-reactive ketones (excluding diaryl/α,β-unsaturated/α-hetero) is 2. The number of anilines is 1. The highest BCUT2D eigenvalue weighted by atomic mass is 16.6. The monoisotopic (exact) mass is 479 g/mol. The number of amides is 1. The minimum absolute atomic E-state index is 0.0126. The topological polar surface area (TPSA) is 108 Å². The van der Waals surface area contributed by atoms with Gasteiger partial charge < -0.3 is 20.5 Å². The Labute approximate surface area is 205 Å². The lowest BCUT2D eigenvalue weighted by Crippen LogP contribution is -2.47. The van der Waals surface area contributed by atoms with Crippen molar-refractivity contribution in [3.8, 4) is 0 Å². The van der Waals surface area contributed by atoms with Gasteiger partial charge in [0.05, 0.1) is 18.2 Å². The van der Waals surface area contributed by atoms with Crippen molar-refractivity contribution < 1.29 is 24.2 Å². The SMILES string of the molecule is CC(C)(C)N(C(=O)OC1CN[C@@H](C(=O)c2ccccc2)C1)c1ccc(C(=O)[C@H]2CC(O)CN2)cc1. The fourth-order valence-corrected chi connectivity index (χ4v) is 4.65. The van der Waals surface area contributed by atoms with Gasteiger partial charge in [-0.25, -0.2) is 4.79 Å². The minimum Gasteiger partial charge on any atom is -0.444 e. The molecule has 3 N–H and O–H groups in total. The van der Waals surface area contributed by atoms with Crippen LogP contribution in [0.15, 0.2) is 54.6 Å². The van der Waals surface area contributed by atoms with Crippen molar-refractivity contribution in [2.24, 2.45) is 0 Å². The largest absolute Gasteiger partial charge is 0.444 e. The molecule has 0 radical (unpaired) electrons. The van der Waals surface area contributed by atoms with Crippen LogP contribution in [0.5, 0.6) is 0 Å². The van der Waals surface area contributed by atoms with E-state index in [2.05, 4.69) is 10.6 Å². The molecule has 2 heterocycles. The first-order valence-corrected chi connectivity index (χ1v) is 12.0. The molecule has 2 unspecified atom stereocenters. The summed E-state index contributed by atoms with van der Waals surface area (Å²) >= 11 is 0. The molecule has 4 atom stereocenters. The first-order valence-electron chi connectivity index (χ1n) is 12.0. The zero-order chi connectivity index (χ0) is 25.2. The van der Waals surface area contributed by atoms with E-state index in [1.54, 1.807) is 41.3 Å². The van der Waals surface area contributed by atoms with Crippen molar-refractivity contribution in [3.63, 3.8) is 0 Å². The molecule has 2 aliphatic rings. The van der Waals surface area contributed by atoms with Crippen LogP contribution in [-0.4, -0.2) is 65.7 Å². The molecule has 0 aromatic heterocycles. The van der Waals surface area contributed by atoms with Gasteiger partial charge in [0.1, 0.15) is 6.10 Å². The molecule has 4 rings (SSSR count). The number of aliphatic hydroxyl groups excluding tert-OH is 1. The van der Waals surface area contributed by atoms with Gasteiger partial charge in [-0.1, -0.05) is 30.3 Å². The average molecular weight is 480 g/mol. The van der Waals surface area contributed by atoms with Crippen LogP contribution in [0.4, 0.5) is 10.5 Å². The van der Waals surface area contributed by atoms with Gasteiger partial charge >= 0.3 is 6.09 Å². The molecular weight excluding hydrogens is 446 g/mol. The highest BCUT2D eigenvalue weighted by Gasteiger charge is 2.36. The smallest absolute Gasteiger partial charge is 0.415 e. The Hall–Kier alpha value is -3.07. The molecule has 2 aromatic carbocycles. The average Bonchev–Trinajstić information content (AvgIpc) is 3.47. The molecule has 2 saturated heterocycles. The Morgan fingerprint density at radius 3 is 2.00 bits per heavy atom. The normalized spacial score (nSPS) is 24.2. The van der Waals surface area contributed by atoms with Gasteiger partial charge in [-0.05, 0) is 51.5 Å². The minimum atomic E-state index is -0.578. The second-order valence-electron chi connectivity index (χ2n) is 10.2. The lowest BCUT2D eigenvalue weighted by atomic mass is 10.0. The maximum absolute atomic E-state index is 13.2. The van der Waals surface area contributed by atoms with Crippen LogP contribution < -0.4 is 15.5 Å². The van der Waals surface area contributed by atoms with Gasteiger partial charge in [0, 0.05) is 41.9 Å². The zero-order valence-corrected chi connectivity index (χ0v) is 20.4. The van der Waals surface area contributed by atoms with Crippen LogP contribution in [0.1, 0.15) is 54.3 Å². The molecule has 186 valence electrons. The van der Waals surface area contributed by atoms with Crippen LogP contribution in [0.3, 0.4) is 0 Å². The second-order valence-corrected chi connectivity index (χ2v) is 10.2. The highest BCUT2D eigenvalue weighted by Crippen LogP contribution is 2.27. The van der Waals surface area contributed by atoms with Crippen molar-refractivity contribution in [3.05, 3.63) is 65.7 Å². The van der Waals surface area contributed by atoms with Crippen LogP contribution in [0.25, 0.3) is 0 Å². The summed E-state index contributed by atoms with van der Waals surface area (Å²) in [5.74, 6) is -0.0921. The summed E-state index contributed by atoms with van der Waals surface area (Å²) in [5.41, 5.74) is 1.18. The van der Waals surface area contributed by atoms with E-state index in [4.69, 9.17) is 4.74 Å². The molecule has 0 bridgehead atoms. The Balaban J connectivity index is 1.42.